The summed E-state index contributed by atoms with van der Waals surface area (Å²) in [4.78, 5) is 19.8. The van der Waals surface area contributed by atoms with E-state index in [-0.39, 0.29) is 5.69 Å². The predicted octanol–water partition coefficient (Wildman–Crippen LogP) is 2.33. The molecule has 0 radical (unpaired) electrons. The van der Waals surface area contributed by atoms with Crippen LogP contribution in [0.2, 0.25) is 0 Å². The van der Waals surface area contributed by atoms with E-state index in [1.165, 1.54) is 7.11 Å². The molecule has 2 heterocycles. The molecule has 0 saturated heterocycles. The summed E-state index contributed by atoms with van der Waals surface area (Å²) in [6.07, 6.45) is 3.40. The van der Waals surface area contributed by atoms with Gasteiger partial charge in [0.25, 0.3) is 0 Å². The van der Waals surface area contributed by atoms with Crippen LogP contribution in [0.15, 0.2) is 36.7 Å². The minimum Gasteiger partial charge on any atom is -0.481 e. The summed E-state index contributed by atoms with van der Waals surface area (Å²) in [6.45, 7) is 2.06. The Labute approximate surface area is 111 Å². The second-order valence-corrected chi connectivity index (χ2v) is 3.72. The fraction of sp³-hybridized carbons (Fsp3) is 0.214. The topological polar surface area (TPSA) is 61.3 Å². The maximum Gasteiger partial charge on any atom is 0.357 e. The number of rotatable bonds is 4. The van der Waals surface area contributed by atoms with Crippen LogP contribution in [0.5, 0.6) is 5.88 Å². The predicted molar refractivity (Wildman–Crippen MR) is 70.0 cm³/mol. The fourth-order valence-corrected chi connectivity index (χ4v) is 1.66. The SMILES string of the molecule is CCOC(=O)c1ccc(-c2cccnc2)c(OC)n1. The molecule has 5 nitrogen and oxygen atoms in total. The van der Waals surface area contributed by atoms with Gasteiger partial charge >= 0.3 is 5.97 Å². The number of esters is 1. The normalized spacial score (nSPS) is 10.0. The van der Waals surface area contributed by atoms with Gasteiger partial charge < -0.3 is 9.47 Å². The van der Waals surface area contributed by atoms with Crippen molar-refractivity contribution in [3.63, 3.8) is 0 Å². The first-order valence-electron chi connectivity index (χ1n) is 5.88. The molecule has 0 atom stereocenters. The molecule has 2 rings (SSSR count). The minimum atomic E-state index is -0.460. The molecule has 0 aliphatic heterocycles. The molecule has 19 heavy (non-hydrogen) atoms. The number of ether oxygens (including phenoxy) is 2. The van der Waals surface area contributed by atoms with Gasteiger partial charge in [-0.15, -0.1) is 0 Å². The number of aromatic nitrogens is 2. The monoisotopic (exact) mass is 258 g/mol. The molecule has 98 valence electrons. The highest BCUT2D eigenvalue weighted by atomic mass is 16.5. The standard InChI is InChI=1S/C14H14N2O3/c1-3-19-14(17)12-7-6-11(13(16-12)18-2)10-5-4-8-15-9-10/h4-9H,3H2,1-2H3. The van der Waals surface area contributed by atoms with E-state index in [1.807, 2.05) is 12.1 Å². The van der Waals surface area contributed by atoms with Gasteiger partial charge in [-0.3, -0.25) is 4.98 Å². The number of hydrogen-bond donors (Lipinski definition) is 0. The summed E-state index contributed by atoms with van der Waals surface area (Å²) in [5.74, 6) is -0.0860. The van der Waals surface area contributed by atoms with Crippen LogP contribution >= 0.6 is 0 Å². The summed E-state index contributed by atoms with van der Waals surface area (Å²) >= 11 is 0. The fourth-order valence-electron chi connectivity index (χ4n) is 1.66. The van der Waals surface area contributed by atoms with Crippen LogP contribution in [-0.4, -0.2) is 29.7 Å². The van der Waals surface area contributed by atoms with E-state index in [1.54, 1.807) is 31.5 Å². The molecule has 2 aromatic rings. The van der Waals surface area contributed by atoms with Crippen molar-refractivity contribution in [2.24, 2.45) is 0 Å². The molecule has 2 aromatic heterocycles. The Bertz CT molecular complexity index is 570. The Morgan fingerprint density at radius 2 is 2.16 bits per heavy atom. The number of hydrogen-bond acceptors (Lipinski definition) is 5. The van der Waals surface area contributed by atoms with Gasteiger partial charge in [-0.05, 0) is 25.1 Å². The molecular formula is C14H14N2O3. The van der Waals surface area contributed by atoms with E-state index in [9.17, 15) is 4.79 Å². The van der Waals surface area contributed by atoms with Crippen LogP contribution in [0, 0.1) is 0 Å². The lowest BCUT2D eigenvalue weighted by molar-refractivity contribution is 0.0518. The number of carbonyl (C=O) groups is 1. The van der Waals surface area contributed by atoms with Gasteiger partial charge in [0.05, 0.1) is 13.7 Å². The van der Waals surface area contributed by atoms with E-state index >= 15 is 0 Å². The van der Waals surface area contributed by atoms with Crippen molar-refractivity contribution < 1.29 is 14.3 Å². The van der Waals surface area contributed by atoms with Crippen LogP contribution in [0.4, 0.5) is 0 Å². The summed E-state index contributed by atoms with van der Waals surface area (Å²) in [5.41, 5.74) is 1.89. The zero-order valence-electron chi connectivity index (χ0n) is 10.8. The van der Waals surface area contributed by atoms with Crippen LogP contribution in [0.3, 0.4) is 0 Å². The highest BCUT2D eigenvalue weighted by molar-refractivity contribution is 5.88. The first kappa shape index (κ1) is 13.0. The lowest BCUT2D eigenvalue weighted by atomic mass is 10.1. The zero-order valence-corrected chi connectivity index (χ0v) is 10.8. The number of carbonyl (C=O) groups excluding carboxylic acids is 1. The molecule has 0 spiro atoms. The smallest absolute Gasteiger partial charge is 0.357 e. The molecule has 0 bridgehead atoms. The highest BCUT2D eigenvalue weighted by Gasteiger charge is 2.13. The molecule has 0 unspecified atom stereocenters. The van der Waals surface area contributed by atoms with E-state index in [0.717, 1.165) is 11.1 Å². The molecule has 0 amide bonds. The van der Waals surface area contributed by atoms with Crippen molar-refractivity contribution in [2.45, 2.75) is 6.92 Å². The van der Waals surface area contributed by atoms with Gasteiger partial charge in [0, 0.05) is 23.5 Å². The molecule has 5 heteroatoms. The van der Waals surface area contributed by atoms with Gasteiger partial charge in [0.2, 0.25) is 5.88 Å². The Morgan fingerprint density at radius 1 is 1.32 bits per heavy atom. The van der Waals surface area contributed by atoms with Crippen molar-refractivity contribution in [2.75, 3.05) is 13.7 Å². The van der Waals surface area contributed by atoms with E-state index < -0.39 is 5.97 Å². The Morgan fingerprint density at radius 3 is 2.79 bits per heavy atom. The van der Waals surface area contributed by atoms with Crippen molar-refractivity contribution >= 4 is 5.97 Å². The first-order chi connectivity index (χ1) is 9.26. The molecule has 0 saturated carbocycles. The lowest BCUT2D eigenvalue weighted by Crippen LogP contribution is -2.08. The summed E-state index contributed by atoms with van der Waals surface area (Å²) < 4.78 is 10.1. The van der Waals surface area contributed by atoms with Crippen LogP contribution in [-0.2, 0) is 4.74 Å². The average Bonchev–Trinajstić information content (AvgIpc) is 2.47. The van der Waals surface area contributed by atoms with Crippen LogP contribution in [0.25, 0.3) is 11.1 Å². The van der Waals surface area contributed by atoms with Crippen LogP contribution < -0.4 is 4.74 Å². The molecule has 0 aliphatic rings. The van der Waals surface area contributed by atoms with Crippen molar-refractivity contribution in [1.82, 2.24) is 9.97 Å². The molecule has 0 N–H and O–H groups in total. The maximum absolute atomic E-state index is 11.6. The van der Waals surface area contributed by atoms with Crippen molar-refractivity contribution in [3.8, 4) is 17.0 Å². The second kappa shape index (κ2) is 5.95. The summed E-state index contributed by atoms with van der Waals surface area (Å²) in [7, 11) is 1.51. The Balaban J connectivity index is 2.40. The lowest BCUT2D eigenvalue weighted by Gasteiger charge is -2.09. The maximum atomic E-state index is 11.6. The van der Waals surface area contributed by atoms with Crippen LogP contribution in [0.1, 0.15) is 17.4 Å². The third-order valence-electron chi connectivity index (χ3n) is 2.51. The van der Waals surface area contributed by atoms with E-state index in [2.05, 4.69) is 9.97 Å². The molecular weight excluding hydrogens is 244 g/mol. The Kier molecular flexibility index (Phi) is 4.07. The third kappa shape index (κ3) is 2.88. The third-order valence-corrected chi connectivity index (χ3v) is 2.51. The average molecular weight is 258 g/mol. The molecule has 0 aromatic carbocycles. The van der Waals surface area contributed by atoms with Crippen molar-refractivity contribution in [3.05, 3.63) is 42.4 Å². The number of methoxy groups -OCH3 is 1. The highest BCUT2D eigenvalue weighted by Crippen LogP contribution is 2.27. The second-order valence-electron chi connectivity index (χ2n) is 3.72. The van der Waals surface area contributed by atoms with Gasteiger partial charge in [0.1, 0.15) is 0 Å². The number of nitrogens with zero attached hydrogens (tertiary/aromatic N) is 2. The Hall–Kier alpha value is -2.43. The molecule has 0 fully saturated rings. The van der Waals surface area contributed by atoms with E-state index in [0.29, 0.717) is 12.5 Å². The van der Waals surface area contributed by atoms with E-state index in [4.69, 9.17) is 9.47 Å². The van der Waals surface area contributed by atoms with Crippen molar-refractivity contribution in [1.29, 1.82) is 0 Å². The first-order valence-corrected chi connectivity index (χ1v) is 5.88. The van der Waals surface area contributed by atoms with Gasteiger partial charge in [0.15, 0.2) is 5.69 Å². The molecule has 0 aliphatic carbocycles. The number of pyridine rings is 2. The van der Waals surface area contributed by atoms with Gasteiger partial charge in [-0.1, -0.05) is 6.07 Å². The quantitative estimate of drug-likeness (QED) is 0.788. The van der Waals surface area contributed by atoms with Gasteiger partial charge in [-0.2, -0.15) is 0 Å². The van der Waals surface area contributed by atoms with Gasteiger partial charge in [-0.25, -0.2) is 9.78 Å². The largest absolute Gasteiger partial charge is 0.481 e. The summed E-state index contributed by atoms with van der Waals surface area (Å²) in [6, 6.07) is 7.11. The summed E-state index contributed by atoms with van der Waals surface area (Å²) in [5, 5.41) is 0. The zero-order chi connectivity index (χ0) is 13.7. The minimum absolute atomic E-state index is 0.228.